The fraction of sp³-hybridized carbons (Fsp3) is 0.417. The number of ether oxygens (including phenoxy) is 1. The van der Waals surface area contributed by atoms with Crippen LogP contribution in [0.5, 0.6) is 0 Å². The third-order valence-electron chi connectivity index (χ3n) is 2.13. The first-order chi connectivity index (χ1) is 7.11. The van der Waals surface area contributed by atoms with Crippen molar-refractivity contribution in [3.05, 3.63) is 35.4 Å². The molecule has 0 aromatic heterocycles. The number of benzene rings is 1. The van der Waals surface area contributed by atoms with E-state index in [4.69, 9.17) is 5.73 Å². The molecule has 0 spiro atoms. The molecule has 15 heavy (non-hydrogen) atoms. The SMILES string of the molecule is COC(=O)Cc1cccc(CC(C)N)c1. The third kappa shape index (κ3) is 4.13. The van der Waals surface area contributed by atoms with Gasteiger partial charge in [-0.25, -0.2) is 0 Å². The van der Waals surface area contributed by atoms with E-state index in [0.717, 1.165) is 17.5 Å². The quantitative estimate of drug-likeness (QED) is 0.757. The van der Waals surface area contributed by atoms with E-state index >= 15 is 0 Å². The second-order valence-electron chi connectivity index (χ2n) is 3.75. The highest BCUT2D eigenvalue weighted by Gasteiger charge is 2.04. The minimum atomic E-state index is -0.215. The van der Waals surface area contributed by atoms with Gasteiger partial charge in [0.25, 0.3) is 0 Å². The first-order valence-electron chi connectivity index (χ1n) is 5.02. The summed E-state index contributed by atoms with van der Waals surface area (Å²) in [5, 5.41) is 0. The van der Waals surface area contributed by atoms with Crippen molar-refractivity contribution in [2.75, 3.05) is 7.11 Å². The Hall–Kier alpha value is -1.35. The lowest BCUT2D eigenvalue weighted by atomic mass is 10.0. The first kappa shape index (κ1) is 11.7. The molecule has 1 aromatic carbocycles. The Kier molecular flexibility index (Phi) is 4.31. The van der Waals surface area contributed by atoms with Gasteiger partial charge in [-0.2, -0.15) is 0 Å². The molecule has 0 aliphatic rings. The Morgan fingerprint density at radius 3 is 2.73 bits per heavy atom. The Labute approximate surface area is 90.2 Å². The zero-order valence-electron chi connectivity index (χ0n) is 9.19. The highest BCUT2D eigenvalue weighted by molar-refractivity contribution is 5.72. The van der Waals surface area contributed by atoms with Gasteiger partial charge < -0.3 is 10.5 Å². The van der Waals surface area contributed by atoms with E-state index in [1.54, 1.807) is 0 Å². The van der Waals surface area contributed by atoms with E-state index in [1.807, 2.05) is 31.2 Å². The zero-order chi connectivity index (χ0) is 11.3. The van der Waals surface area contributed by atoms with Gasteiger partial charge in [0.05, 0.1) is 13.5 Å². The molecule has 0 amide bonds. The van der Waals surface area contributed by atoms with Crippen LogP contribution in [-0.2, 0) is 22.4 Å². The Bertz CT molecular complexity index is 334. The van der Waals surface area contributed by atoms with Crippen molar-refractivity contribution in [2.24, 2.45) is 5.73 Å². The molecule has 3 heteroatoms. The normalized spacial score (nSPS) is 12.2. The molecule has 1 unspecified atom stereocenters. The van der Waals surface area contributed by atoms with Crippen molar-refractivity contribution < 1.29 is 9.53 Å². The minimum absolute atomic E-state index is 0.137. The summed E-state index contributed by atoms with van der Waals surface area (Å²) in [6.45, 7) is 1.97. The predicted octanol–water partition coefficient (Wildman–Crippen LogP) is 1.29. The lowest BCUT2D eigenvalue weighted by molar-refractivity contribution is -0.139. The molecule has 3 nitrogen and oxygen atoms in total. The highest BCUT2D eigenvalue weighted by Crippen LogP contribution is 2.08. The molecule has 2 N–H and O–H groups in total. The molecule has 1 rings (SSSR count). The number of carbonyl (C=O) groups is 1. The number of nitrogens with two attached hydrogens (primary N) is 1. The van der Waals surface area contributed by atoms with E-state index in [9.17, 15) is 4.79 Å². The maximum absolute atomic E-state index is 11.1. The van der Waals surface area contributed by atoms with Crippen LogP contribution >= 0.6 is 0 Å². The number of methoxy groups -OCH3 is 1. The van der Waals surface area contributed by atoms with Crippen LogP contribution in [0, 0.1) is 0 Å². The predicted molar refractivity (Wildman–Crippen MR) is 59.5 cm³/mol. The number of hydrogen-bond donors (Lipinski definition) is 1. The van der Waals surface area contributed by atoms with Crippen LogP contribution in [0.1, 0.15) is 18.1 Å². The number of carbonyl (C=O) groups excluding carboxylic acids is 1. The first-order valence-corrected chi connectivity index (χ1v) is 5.02. The lowest BCUT2D eigenvalue weighted by Gasteiger charge is -2.07. The fourth-order valence-electron chi connectivity index (χ4n) is 1.48. The average Bonchev–Trinajstić information content (AvgIpc) is 2.17. The van der Waals surface area contributed by atoms with Crippen molar-refractivity contribution in [3.63, 3.8) is 0 Å². The molecule has 1 aromatic rings. The third-order valence-corrected chi connectivity index (χ3v) is 2.13. The second kappa shape index (κ2) is 5.51. The largest absolute Gasteiger partial charge is 0.469 e. The summed E-state index contributed by atoms with van der Waals surface area (Å²) in [7, 11) is 1.40. The van der Waals surface area contributed by atoms with E-state index in [1.165, 1.54) is 7.11 Å². The Morgan fingerprint density at radius 1 is 1.47 bits per heavy atom. The fourth-order valence-corrected chi connectivity index (χ4v) is 1.48. The molecular weight excluding hydrogens is 190 g/mol. The van der Waals surface area contributed by atoms with Crippen molar-refractivity contribution in [1.82, 2.24) is 0 Å². The van der Waals surface area contributed by atoms with Gasteiger partial charge in [0, 0.05) is 6.04 Å². The Morgan fingerprint density at radius 2 is 2.13 bits per heavy atom. The molecule has 82 valence electrons. The van der Waals surface area contributed by atoms with Crippen molar-refractivity contribution in [1.29, 1.82) is 0 Å². The molecule has 0 fully saturated rings. The van der Waals surface area contributed by atoms with Crippen LogP contribution in [0.15, 0.2) is 24.3 Å². The van der Waals surface area contributed by atoms with E-state index < -0.39 is 0 Å². The standard InChI is InChI=1S/C12H17NO2/c1-9(13)6-10-4-3-5-11(7-10)8-12(14)15-2/h3-5,7,9H,6,8,13H2,1-2H3. The van der Waals surface area contributed by atoms with Crippen LogP contribution in [0.4, 0.5) is 0 Å². The van der Waals surface area contributed by atoms with Crippen LogP contribution in [0.25, 0.3) is 0 Å². The highest BCUT2D eigenvalue weighted by atomic mass is 16.5. The van der Waals surface area contributed by atoms with Crippen molar-refractivity contribution in [2.45, 2.75) is 25.8 Å². The molecule has 1 atom stereocenters. The lowest BCUT2D eigenvalue weighted by Crippen LogP contribution is -2.17. The van der Waals surface area contributed by atoms with Gasteiger partial charge in [0.2, 0.25) is 0 Å². The van der Waals surface area contributed by atoms with Crippen molar-refractivity contribution in [3.8, 4) is 0 Å². The number of esters is 1. The molecular formula is C12H17NO2. The van der Waals surface area contributed by atoms with E-state index in [-0.39, 0.29) is 12.0 Å². The molecule has 0 aliphatic carbocycles. The minimum Gasteiger partial charge on any atom is -0.469 e. The van der Waals surface area contributed by atoms with Gasteiger partial charge in [0.1, 0.15) is 0 Å². The average molecular weight is 207 g/mol. The maximum atomic E-state index is 11.1. The van der Waals surface area contributed by atoms with E-state index in [2.05, 4.69) is 4.74 Å². The smallest absolute Gasteiger partial charge is 0.309 e. The second-order valence-corrected chi connectivity index (χ2v) is 3.75. The van der Waals surface area contributed by atoms with Crippen LogP contribution in [-0.4, -0.2) is 19.1 Å². The summed E-state index contributed by atoms with van der Waals surface area (Å²) in [6.07, 6.45) is 1.15. The van der Waals surface area contributed by atoms with Gasteiger partial charge in [0.15, 0.2) is 0 Å². The van der Waals surface area contributed by atoms with Gasteiger partial charge in [-0.3, -0.25) is 4.79 Å². The van der Waals surface area contributed by atoms with Gasteiger partial charge >= 0.3 is 5.97 Å². The molecule has 0 bridgehead atoms. The van der Waals surface area contributed by atoms with Crippen LogP contribution < -0.4 is 5.73 Å². The molecule has 0 heterocycles. The molecule has 0 saturated carbocycles. The van der Waals surface area contributed by atoms with Gasteiger partial charge in [-0.05, 0) is 24.5 Å². The summed E-state index contributed by atoms with van der Waals surface area (Å²) < 4.78 is 4.61. The summed E-state index contributed by atoms with van der Waals surface area (Å²) >= 11 is 0. The number of rotatable bonds is 4. The summed E-state index contributed by atoms with van der Waals surface area (Å²) in [5.74, 6) is -0.215. The van der Waals surface area contributed by atoms with Crippen LogP contribution in [0.3, 0.4) is 0 Å². The molecule has 0 saturated heterocycles. The number of hydrogen-bond acceptors (Lipinski definition) is 3. The van der Waals surface area contributed by atoms with Gasteiger partial charge in [-0.15, -0.1) is 0 Å². The zero-order valence-corrected chi connectivity index (χ0v) is 9.19. The van der Waals surface area contributed by atoms with Crippen molar-refractivity contribution >= 4 is 5.97 Å². The van der Waals surface area contributed by atoms with Gasteiger partial charge in [-0.1, -0.05) is 24.3 Å². The summed E-state index contributed by atoms with van der Waals surface area (Å²) in [5.41, 5.74) is 7.84. The summed E-state index contributed by atoms with van der Waals surface area (Å²) in [6, 6.07) is 8.01. The maximum Gasteiger partial charge on any atom is 0.309 e. The Balaban J connectivity index is 2.69. The van der Waals surface area contributed by atoms with Crippen LogP contribution in [0.2, 0.25) is 0 Å². The monoisotopic (exact) mass is 207 g/mol. The molecule has 0 radical (unpaired) electrons. The molecule has 0 aliphatic heterocycles. The van der Waals surface area contributed by atoms with E-state index in [0.29, 0.717) is 6.42 Å². The topological polar surface area (TPSA) is 52.3 Å². The summed E-state index contributed by atoms with van der Waals surface area (Å²) in [4.78, 5) is 11.1.